The number of ether oxygens (including phenoxy) is 1. The second-order valence-electron chi connectivity index (χ2n) is 4.62. The SMILES string of the molecule is CCc1c(C(=O)Nc2cc(C(=O)OC)ccc2F)cnn1C. The first-order chi connectivity index (χ1) is 10.5. The second-order valence-corrected chi connectivity index (χ2v) is 4.62. The number of nitrogens with one attached hydrogen (secondary N) is 1. The van der Waals surface area contributed by atoms with Crippen molar-refractivity contribution in [3.05, 3.63) is 47.0 Å². The van der Waals surface area contributed by atoms with E-state index in [9.17, 15) is 14.0 Å². The highest BCUT2D eigenvalue weighted by atomic mass is 19.1. The third-order valence-electron chi connectivity index (χ3n) is 3.28. The molecule has 0 saturated heterocycles. The van der Waals surface area contributed by atoms with E-state index in [1.165, 1.54) is 25.4 Å². The van der Waals surface area contributed by atoms with Crippen LogP contribution in [0, 0.1) is 5.82 Å². The number of aryl methyl sites for hydroxylation is 1. The Morgan fingerprint density at radius 2 is 2.14 bits per heavy atom. The van der Waals surface area contributed by atoms with Gasteiger partial charge in [-0.3, -0.25) is 9.48 Å². The predicted molar refractivity (Wildman–Crippen MR) is 78.3 cm³/mol. The number of anilines is 1. The number of aromatic nitrogens is 2. The smallest absolute Gasteiger partial charge is 0.337 e. The summed E-state index contributed by atoms with van der Waals surface area (Å²) in [5, 5.41) is 6.48. The molecule has 1 aromatic heterocycles. The maximum Gasteiger partial charge on any atom is 0.337 e. The molecule has 0 radical (unpaired) electrons. The summed E-state index contributed by atoms with van der Waals surface area (Å²) in [6.07, 6.45) is 2.04. The molecule has 1 N–H and O–H groups in total. The molecule has 116 valence electrons. The van der Waals surface area contributed by atoms with Crippen LogP contribution >= 0.6 is 0 Å². The number of hydrogen-bond acceptors (Lipinski definition) is 4. The number of methoxy groups -OCH3 is 1. The third kappa shape index (κ3) is 2.98. The minimum absolute atomic E-state index is 0.0844. The molecule has 2 rings (SSSR count). The van der Waals surface area contributed by atoms with Gasteiger partial charge in [0.1, 0.15) is 5.82 Å². The van der Waals surface area contributed by atoms with Gasteiger partial charge in [0.05, 0.1) is 35.8 Å². The van der Waals surface area contributed by atoms with Gasteiger partial charge in [0.15, 0.2) is 0 Å². The Kier molecular flexibility index (Phi) is 4.55. The highest BCUT2D eigenvalue weighted by Gasteiger charge is 2.17. The molecule has 0 aliphatic rings. The Morgan fingerprint density at radius 3 is 2.77 bits per heavy atom. The maximum absolute atomic E-state index is 13.8. The van der Waals surface area contributed by atoms with E-state index >= 15 is 0 Å². The van der Waals surface area contributed by atoms with Gasteiger partial charge in [-0.05, 0) is 24.6 Å². The van der Waals surface area contributed by atoms with Gasteiger partial charge in [0.2, 0.25) is 0 Å². The number of rotatable bonds is 4. The minimum atomic E-state index is -0.636. The van der Waals surface area contributed by atoms with E-state index in [2.05, 4.69) is 15.2 Å². The van der Waals surface area contributed by atoms with Gasteiger partial charge in [0, 0.05) is 7.05 Å². The summed E-state index contributed by atoms with van der Waals surface area (Å²) in [5.41, 5.74) is 1.18. The summed E-state index contributed by atoms with van der Waals surface area (Å²) in [6.45, 7) is 1.90. The quantitative estimate of drug-likeness (QED) is 0.879. The van der Waals surface area contributed by atoms with Crippen molar-refractivity contribution in [3.63, 3.8) is 0 Å². The molecule has 7 heteroatoms. The molecule has 22 heavy (non-hydrogen) atoms. The lowest BCUT2D eigenvalue weighted by atomic mass is 10.1. The largest absolute Gasteiger partial charge is 0.465 e. The molecular weight excluding hydrogens is 289 g/mol. The Balaban J connectivity index is 2.30. The molecule has 6 nitrogen and oxygen atoms in total. The van der Waals surface area contributed by atoms with Crippen molar-refractivity contribution in [2.75, 3.05) is 12.4 Å². The van der Waals surface area contributed by atoms with Gasteiger partial charge in [-0.2, -0.15) is 5.10 Å². The molecule has 0 aliphatic carbocycles. The molecule has 1 heterocycles. The number of nitrogens with zero attached hydrogens (tertiary/aromatic N) is 2. The lowest BCUT2D eigenvalue weighted by Crippen LogP contribution is -2.15. The molecular formula is C15H16FN3O3. The number of hydrogen-bond donors (Lipinski definition) is 1. The summed E-state index contributed by atoms with van der Waals surface area (Å²) in [7, 11) is 2.96. The molecule has 2 aromatic rings. The normalized spacial score (nSPS) is 10.4. The summed E-state index contributed by atoms with van der Waals surface area (Å²) in [6, 6.07) is 3.63. The zero-order valence-corrected chi connectivity index (χ0v) is 12.5. The predicted octanol–water partition coefficient (Wildman–Crippen LogP) is 2.16. The van der Waals surface area contributed by atoms with Crippen LogP contribution in [0.3, 0.4) is 0 Å². The van der Waals surface area contributed by atoms with E-state index in [4.69, 9.17) is 0 Å². The van der Waals surface area contributed by atoms with E-state index in [1.54, 1.807) is 11.7 Å². The molecule has 0 fully saturated rings. The van der Waals surface area contributed by atoms with Crippen molar-refractivity contribution in [2.45, 2.75) is 13.3 Å². The standard InChI is InChI=1S/C15H16FN3O3/c1-4-13-10(8-17-19(13)2)14(20)18-12-7-9(15(21)22-3)5-6-11(12)16/h5-8H,4H2,1-3H3,(H,18,20). The highest BCUT2D eigenvalue weighted by molar-refractivity contribution is 6.05. The van der Waals surface area contributed by atoms with Crippen LogP contribution in [0.25, 0.3) is 0 Å². The highest BCUT2D eigenvalue weighted by Crippen LogP contribution is 2.19. The molecule has 0 aliphatic heterocycles. The van der Waals surface area contributed by atoms with E-state index in [0.717, 1.165) is 11.8 Å². The molecule has 1 aromatic carbocycles. The van der Waals surface area contributed by atoms with Crippen LogP contribution in [0.4, 0.5) is 10.1 Å². The minimum Gasteiger partial charge on any atom is -0.465 e. The van der Waals surface area contributed by atoms with Crippen molar-refractivity contribution in [3.8, 4) is 0 Å². The van der Waals surface area contributed by atoms with Crippen molar-refractivity contribution in [1.82, 2.24) is 9.78 Å². The van der Waals surface area contributed by atoms with E-state index in [0.29, 0.717) is 12.0 Å². The fourth-order valence-corrected chi connectivity index (χ4v) is 2.13. The van der Waals surface area contributed by atoms with Gasteiger partial charge in [0.25, 0.3) is 5.91 Å². The zero-order valence-electron chi connectivity index (χ0n) is 12.5. The van der Waals surface area contributed by atoms with Crippen LogP contribution in [-0.2, 0) is 18.2 Å². The van der Waals surface area contributed by atoms with Gasteiger partial charge in [-0.1, -0.05) is 6.92 Å². The maximum atomic E-state index is 13.8. The Morgan fingerprint density at radius 1 is 1.41 bits per heavy atom. The van der Waals surface area contributed by atoms with Crippen LogP contribution in [0.5, 0.6) is 0 Å². The second kappa shape index (κ2) is 6.38. The lowest BCUT2D eigenvalue weighted by molar-refractivity contribution is 0.0600. The first-order valence-corrected chi connectivity index (χ1v) is 6.68. The number of esters is 1. The molecule has 0 saturated carbocycles. The van der Waals surface area contributed by atoms with Crippen LogP contribution in [0.15, 0.2) is 24.4 Å². The van der Waals surface area contributed by atoms with Crippen LogP contribution in [0.2, 0.25) is 0 Å². The average molecular weight is 305 g/mol. The number of halogens is 1. The van der Waals surface area contributed by atoms with Gasteiger partial charge < -0.3 is 10.1 Å². The molecule has 0 spiro atoms. The summed E-state index contributed by atoms with van der Waals surface area (Å²) in [5.74, 6) is -1.72. The van der Waals surface area contributed by atoms with Crippen LogP contribution in [0.1, 0.15) is 33.3 Å². The Labute approximate surface area is 126 Å². The number of carbonyl (C=O) groups excluding carboxylic acids is 2. The van der Waals surface area contributed by atoms with Gasteiger partial charge in [-0.25, -0.2) is 9.18 Å². The Hall–Kier alpha value is -2.70. The molecule has 1 amide bonds. The molecule has 0 bridgehead atoms. The monoisotopic (exact) mass is 305 g/mol. The van der Waals surface area contributed by atoms with Crippen LogP contribution < -0.4 is 5.32 Å². The van der Waals surface area contributed by atoms with Crippen molar-refractivity contribution in [1.29, 1.82) is 0 Å². The van der Waals surface area contributed by atoms with E-state index < -0.39 is 17.7 Å². The number of carbonyl (C=O) groups is 2. The van der Waals surface area contributed by atoms with Crippen molar-refractivity contribution >= 4 is 17.6 Å². The fourth-order valence-electron chi connectivity index (χ4n) is 2.13. The van der Waals surface area contributed by atoms with Crippen molar-refractivity contribution < 1.29 is 18.7 Å². The van der Waals surface area contributed by atoms with Gasteiger partial charge >= 0.3 is 5.97 Å². The first kappa shape index (κ1) is 15.7. The fraction of sp³-hybridized carbons (Fsp3) is 0.267. The summed E-state index contributed by atoms with van der Waals surface area (Å²) < 4.78 is 20.0. The average Bonchev–Trinajstić information content (AvgIpc) is 2.89. The summed E-state index contributed by atoms with van der Waals surface area (Å²) >= 11 is 0. The number of benzene rings is 1. The van der Waals surface area contributed by atoms with E-state index in [1.807, 2.05) is 6.92 Å². The molecule has 0 atom stereocenters. The third-order valence-corrected chi connectivity index (χ3v) is 3.28. The van der Waals surface area contributed by atoms with Crippen molar-refractivity contribution in [2.24, 2.45) is 7.05 Å². The topological polar surface area (TPSA) is 73.2 Å². The number of amides is 1. The first-order valence-electron chi connectivity index (χ1n) is 6.68. The summed E-state index contributed by atoms with van der Waals surface area (Å²) in [4.78, 5) is 23.7. The van der Waals surface area contributed by atoms with Gasteiger partial charge in [-0.15, -0.1) is 0 Å². The lowest BCUT2D eigenvalue weighted by Gasteiger charge is -2.08. The molecule has 0 unspecified atom stereocenters. The van der Waals surface area contributed by atoms with Crippen LogP contribution in [-0.4, -0.2) is 28.8 Å². The Bertz CT molecular complexity index is 725. The zero-order chi connectivity index (χ0) is 16.3. The van der Waals surface area contributed by atoms with E-state index in [-0.39, 0.29) is 11.3 Å².